The van der Waals surface area contributed by atoms with E-state index in [0.29, 0.717) is 0 Å². The lowest BCUT2D eigenvalue weighted by Crippen LogP contribution is -2.58. The molecule has 0 fully saturated rings. The molecule has 0 aliphatic heterocycles. The van der Waals surface area contributed by atoms with E-state index in [9.17, 15) is 19.8 Å². The van der Waals surface area contributed by atoms with Gasteiger partial charge in [0.15, 0.2) is 0 Å². The van der Waals surface area contributed by atoms with Gasteiger partial charge in [-0.2, -0.15) is 0 Å². The van der Waals surface area contributed by atoms with E-state index in [1.165, 1.54) is 0 Å². The third-order valence-corrected chi connectivity index (χ3v) is 4.58. The number of carboxylic acid groups (broad SMARTS) is 2. The van der Waals surface area contributed by atoms with Gasteiger partial charge < -0.3 is 10.2 Å². The summed E-state index contributed by atoms with van der Waals surface area (Å²) in [6.07, 6.45) is 4.17. The Hall–Kier alpha value is -1.32. The fourth-order valence-electron chi connectivity index (χ4n) is 3.45. The normalized spacial score (nSPS) is 31.9. The first-order chi connectivity index (χ1) is 8.23. The lowest BCUT2D eigenvalue weighted by Gasteiger charge is -2.51. The second kappa shape index (κ2) is 4.75. The molecule has 0 bridgehead atoms. The van der Waals surface area contributed by atoms with Crippen LogP contribution in [0, 0.1) is 22.7 Å². The van der Waals surface area contributed by atoms with E-state index < -0.39 is 22.8 Å². The van der Waals surface area contributed by atoms with Crippen LogP contribution in [0.1, 0.15) is 40.5 Å². The lowest BCUT2D eigenvalue weighted by atomic mass is 9.49. The van der Waals surface area contributed by atoms with Gasteiger partial charge in [-0.1, -0.05) is 39.8 Å². The monoisotopic (exact) mass is 254 g/mol. The van der Waals surface area contributed by atoms with Gasteiger partial charge in [0.25, 0.3) is 0 Å². The van der Waals surface area contributed by atoms with E-state index in [4.69, 9.17) is 0 Å². The summed E-state index contributed by atoms with van der Waals surface area (Å²) < 4.78 is 0. The van der Waals surface area contributed by atoms with Crippen LogP contribution in [0.5, 0.6) is 0 Å². The smallest absolute Gasteiger partial charge is 0.311 e. The second-order valence-electron chi connectivity index (χ2n) is 5.74. The van der Waals surface area contributed by atoms with Crippen molar-refractivity contribution in [2.45, 2.75) is 40.5 Å². The van der Waals surface area contributed by atoms with Crippen molar-refractivity contribution in [1.29, 1.82) is 0 Å². The van der Waals surface area contributed by atoms with Crippen LogP contribution in [-0.2, 0) is 9.59 Å². The van der Waals surface area contributed by atoms with Gasteiger partial charge in [-0.05, 0) is 24.7 Å². The van der Waals surface area contributed by atoms with Gasteiger partial charge in [0.1, 0.15) is 0 Å². The number of carbonyl (C=O) groups is 2. The van der Waals surface area contributed by atoms with Crippen LogP contribution in [0.4, 0.5) is 0 Å². The maximum atomic E-state index is 11.8. The first-order valence-electron chi connectivity index (χ1n) is 6.35. The Morgan fingerprint density at radius 2 is 1.17 bits per heavy atom. The summed E-state index contributed by atoms with van der Waals surface area (Å²) in [5.74, 6) is -2.48. The molecular formula is C14H22O4. The average Bonchev–Trinajstić information content (AvgIpc) is 2.27. The van der Waals surface area contributed by atoms with Gasteiger partial charge in [-0.25, -0.2) is 0 Å². The molecule has 1 aliphatic rings. The topological polar surface area (TPSA) is 74.6 Å². The van der Waals surface area contributed by atoms with Gasteiger partial charge in [0.05, 0.1) is 10.8 Å². The van der Waals surface area contributed by atoms with E-state index in [0.717, 1.165) is 0 Å². The summed E-state index contributed by atoms with van der Waals surface area (Å²) in [5, 5.41) is 19.4. The Balaban J connectivity index is 3.58. The Morgan fingerprint density at radius 3 is 1.33 bits per heavy atom. The molecule has 2 N–H and O–H groups in total. The summed E-state index contributed by atoms with van der Waals surface area (Å²) in [4.78, 5) is 23.7. The molecule has 0 spiro atoms. The van der Waals surface area contributed by atoms with Crippen molar-refractivity contribution in [2.24, 2.45) is 22.7 Å². The van der Waals surface area contributed by atoms with Crippen molar-refractivity contribution < 1.29 is 19.8 Å². The molecule has 2 atom stereocenters. The predicted octanol–water partition coefficient (Wildman–Crippen LogP) is 2.79. The average molecular weight is 254 g/mol. The van der Waals surface area contributed by atoms with E-state index in [1.807, 2.05) is 0 Å². The van der Waals surface area contributed by atoms with Crippen molar-refractivity contribution >= 4 is 11.9 Å². The van der Waals surface area contributed by atoms with Crippen molar-refractivity contribution in [1.82, 2.24) is 0 Å². The molecule has 0 aromatic rings. The molecule has 0 saturated heterocycles. The minimum absolute atomic E-state index is 0.238. The van der Waals surface area contributed by atoms with E-state index >= 15 is 0 Å². The highest BCUT2D eigenvalue weighted by Gasteiger charge is 2.64. The maximum absolute atomic E-state index is 11.8. The number of rotatable bonds is 4. The molecule has 0 unspecified atom stereocenters. The number of hydrogen-bond acceptors (Lipinski definition) is 2. The van der Waals surface area contributed by atoms with Crippen LogP contribution in [-0.4, -0.2) is 22.2 Å². The second-order valence-corrected chi connectivity index (χ2v) is 5.74. The van der Waals surface area contributed by atoms with Crippen LogP contribution in [0.15, 0.2) is 12.2 Å². The molecule has 4 heteroatoms. The minimum atomic E-state index is -1.23. The molecule has 0 radical (unpaired) electrons. The zero-order chi connectivity index (χ0) is 14.1. The molecule has 0 aromatic heterocycles. The van der Waals surface area contributed by atoms with Gasteiger partial charge in [0.2, 0.25) is 0 Å². The highest BCUT2D eigenvalue weighted by molar-refractivity contribution is 5.88. The Labute approximate surface area is 108 Å². The van der Waals surface area contributed by atoms with Crippen molar-refractivity contribution in [3.63, 3.8) is 0 Å². The molecular weight excluding hydrogens is 232 g/mol. The molecule has 0 saturated carbocycles. The maximum Gasteiger partial charge on any atom is 0.311 e. The first kappa shape index (κ1) is 14.7. The molecule has 4 nitrogen and oxygen atoms in total. The fraction of sp³-hybridized carbons (Fsp3) is 0.714. The highest BCUT2D eigenvalue weighted by Crippen LogP contribution is 2.57. The number of allylic oxidation sites excluding steroid dienone is 2. The van der Waals surface area contributed by atoms with Crippen molar-refractivity contribution in [3.05, 3.63) is 12.2 Å². The summed E-state index contributed by atoms with van der Waals surface area (Å²) in [7, 11) is 0. The summed E-state index contributed by atoms with van der Waals surface area (Å²) >= 11 is 0. The van der Waals surface area contributed by atoms with Gasteiger partial charge in [-0.15, -0.1) is 0 Å². The Morgan fingerprint density at radius 1 is 0.889 bits per heavy atom. The van der Waals surface area contributed by atoms with Crippen LogP contribution in [0.25, 0.3) is 0 Å². The molecule has 1 aliphatic carbocycles. The Bertz CT molecular complexity index is 347. The number of aliphatic carboxylic acids is 2. The van der Waals surface area contributed by atoms with Crippen molar-refractivity contribution in [3.8, 4) is 0 Å². The summed E-state index contributed by atoms with van der Waals surface area (Å²) in [6.45, 7) is 7.20. The first-order valence-corrected chi connectivity index (χ1v) is 6.35. The SMILES string of the molecule is CC(C)[C@]1(C(=O)O)CC=CC[C@@]1(C(=O)O)C(C)C. The zero-order valence-electron chi connectivity index (χ0n) is 11.4. The highest BCUT2D eigenvalue weighted by atomic mass is 16.4. The standard InChI is InChI=1S/C14H22O4/c1-9(2)13(11(15)16)7-5-6-8-14(13,10(3)4)12(17)18/h5-6,9-10H,7-8H2,1-4H3,(H,15,16)(H,17,18)/t13-,14-/m0/s1. The largest absolute Gasteiger partial charge is 0.481 e. The number of carboxylic acids is 2. The quantitative estimate of drug-likeness (QED) is 0.756. The lowest BCUT2D eigenvalue weighted by molar-refractivity contribution is -0.186. The molecule has 0 heterocycles. The third kappa shape index (κ3) is 1.66. The van der Waals surface area contributed by atoms with E-state index in [2.05, 4.69) is 0 Å². The minimum Gasteiger partial charge on any atom is -0.481 e. The van der Waals surface area contributed by atoms with Gasteiger partial charge in [-0.3, -0.25) is 9.59 Å². The Kier molecular flexibility index (Phi) is 3.89. The van der Waals surface area contributed by atoms with Crippen LogP contribution in [0.2, 0.25) is 0 Å². The van der Waals surface area contributed by atoms with Crippen LogP contribution >= 0.6 is 0 Å². The summed E-state index contributed by atoms with van der Waals surface area (Å²) in [6, 6.07) is 0. The molecule has 1 rings (SSSR count). The fourth-order valence-corrected chi connectivity index (χ4v) is 3.45. The molecule has 0 amide bonds. The van der Waals surface area contributed by atoms with Gasteiger partial charge >= 0.3 is 11.9 Å². The third-order valence-electron chi connectivity index (χ3n) is 4.58. The van der Waals surface area contributed by atoms with Crippen LogP contribution in [0.3, 0.4) is 0 Å². The molecule has 102 valence electrons. The number of hydrogen-bond donors (Lipinski definition) is 2. The van der Waals surface area contributed by atoms with E-state index in [1.54, 1.807) is 39.8 Å². The zero-order valence-corrected chi connectivity index (χ0v) is 11.4. The van der Waals surface area contributed by atoms with Crippen LogP contribution < -0.4 is 0 Å². The molecule has 0 aromatic carbocycles. The molecule has 18 heavy (non-hydrogen) atoms. The summed E-state index contributed by atoms with van der Waals surface area (Å²) in [5.41, 5.74) is -2.47. The van der Waals surface area contributed by atoms with Crippen molar-refractivity contribution in [2.75, 3.05) is 0 Å². The van der Waals surface area contributed by atoms with Gasteiger partial charge in [0, 0.05) is 0 Å². The predicted molar refractivity (Wildman–Crippen MR) is 68.2 cm³/mol. The van der Waals surface area contributed by atoms with E-state index in [-0.39, 0.29) is 24.7 Å².